The first-order chi connectivity index (χ1) is 15.0. The monoisotopic (exact) mass is 431 g/mol. The Morgan fingerprint density at radius 3 is 1.97 bits per heavy atom. The molecule has 0 unspecified atom stereocenters. The maximum atomic E-state index is 4.91. The summed E-state index contributed by atoms with van der Waals surface area (Å²) in [4.78, 5) is 8.72. The molecule has 31 heavy (non-hydrogen) atoms. The number of amidine groups is 1. The van der Waals surface area contributed by atoms with Gasteiger partial charge in [-0.3, -0.25) is 4.90 Å². The number of benzene rings is 3. The fraction of sp³-hybridized carbons (Fsp3) is 0.296. The zero-order chi connectivity index (χ0) is 22.1. The third-order valence-corrected chi connectivity index (χ3v) is 6.10. The van der Waals surface area contributed by atoms with Crippen molar-refractivity contribution in [1.82, 2.24) is 4.90 Å². The van der Waals surface area contributed by atoms with Gasteiger partial charge >= 0.3 is 0 Å². The minimum absolute atomic E-state index is 0.575. The Morgan fingerprint density at radius 2 is 1.39 bits per heavy atom. The van der Waals surface area contributed by atoms with Gasteiger partial charge in [-0.05, 0) is 64.1 Å². The average molecular weight is 432 g/mol. The molecule has 3 rings (SSSR count). The van der Waals surface area contributed by atoms with E-state index in [4.69, 9.17) is 4.99 Å². The second-order valence-electron chi connectivity index (χ2n) is 8.09. The smallest absolute Gasteiger partial charge is 0.138 e. The van der Waals surface area contributed by atoms with Crippen LogP contribution in [0.3, 0.4) is 0 Å². The first-order valence-electron chi connectivity index (χ1n) is 11.0. The maximum absolute atomic E-state index is 4.91. The van der Waals surface area contributed by atoms with Gasteiger partial charge in [0.15, 0.2) is 0 Å². The normalized spacial score (nSPS) is 12.0. The number of hydrogen-bond acceptors (Lipinski definition) is 3. The van der Waals surface area contributed by atoms with Crippen molar-refractivity contribution in [2.75, 3.05) is 17.6 Å². The quantitative estimate of drug-likeness (QED) is 0.223. The first kappa shape index (κ1) is 23.1. The Morgan fingerprint density at radius 1 is 0.806 bits per heavy atom. The number of rotatable bonds is 9. The van der Waals surface area contributed by atoms with Crippen molar-refractivity contribution in [3.63, 3.8) is 0 Å². The van der Waals surface area contributed by atoms with E-state index in [0.29, 0.717) is 12.1 Å². The van der Waals surface area contributed by atoms with Crippen molar-refractivity contribution >= 4 is 29.0 Å². The van der Waals surface area contributed by atoms with Crippen molar-refractivity contribution in [3.05, 3.63) is 90.5 Å². The molecule has 0 amide bonds. The van der Waals surface area contributed by atoms with E-state index >= 15 is 0 Å². The number of hydrogen-bond donors (Lipinski definition) is 1. The lowest BCUT2D eigenvalue weighted by Gasteiger charge is -2.30. The molecule has 0 saturated heterocycles. The molecular formula is C27H33N3S. The molecule has 1 N–H and O–H groups in total. The van der Waals surface area contributed by atoms with Crippen molar-refractivity contribution in [3.8, 4) is 0 Å². The van der Waals surface area contributed by atoms with Crippen LogP contribution in [0.1, 0.15) is 33.3 Å². The lowest BCUT2D eigenvalue weighted by molar-refractivity contribution is 0.187. The molecule has 0 aliphatic carbocycles. The van der Waals surface area contributed by atoms with Crippen LogP contribution in [0, 0.1) is 0 Å². The van der Waals surface area contributed by atoms with Crippen LogP contribution in [-0.4, -0.2) is 35.1 Å². The Hall–Kier alpha value is -2.56. The summed E-state index contributed by atoms with van der Waals surface area (Å²) >= 11 is 1.90. The Labute approximate surface area is 191 Å². The van der Waals surface area contributed by atoms with E-state index in [9.17, 15) is 0 Å². The average Bonchev–Trinajstić information content (AvgIpc) is 2.78. The van der Waals surface area contributed by atoms with E-state index in [-0.39, 0.29) is 0 Å². The van der Waals surface area contributed by atoms with Gasteiger partial charge in [0, 0.05) is 40.5 Å². The van der Waals surface area contributed by atoms with E-state index in [1.807, 2.05) is 48.2 Å². The predicted octanol–water partition coefficient (Wildman–Crippen LogP) is 7.09. The molecule has 3 nitrogen and oxygen atoms in total. The molecule has 3 aromatic carbocycles. The summed E-state index contributed by atoms with van der Waals surface area (Å²) in [6.45, 7) is 10.2. The predicted molar refractivity (Wildman–Crippen MR) is 137 cm³/mol. The van der Waals surface area contributed by atoms with Crippen LogP contribution in [0.5, 0.6) is 0 Å². The van der Waals surface area contributed by atoms with Crippen LogP contribution < -0.4 is 5.32 Å². The third kappa shape index (κ3) is 7.27. The number of anilines is 1. The van der Waals surface area contributed by atoms with Crippen LogP contribution in [-0.2, 0) is 0 Å². The molecule has 0 radical (unpaired) electrons. The zero-order valence-electron chi connectivity index (χ0n) is 19.0. The molecule has 0 aliphatic heterocycles. The van der Waals surface area contributed by atoms with Gasteiger partial charge < -0.3 is 5.32 Å². The molecule has 0 bridgehead atoms. The van der Waals surface area contributed by atoms with E-state index < -0.39 is 0 Å². The zero-order valence-corrected chi connectivity index (χ0v) is 19.8. The van der Waals surface area contributed by atoms with Gasteiger partial charge in [0.1, 0.15) is 5.84 Å². The fourth-order valence-electron chi connectivity index (χ4n) is 3.55. The SMILES string of the molecule is CC(C)N(CCSc1ccc(N=C(Nc2ccccc2)c2ccccc2)cc1)C(C)C. The number of para-hydroxylation sites is 1. The number of thioether (sulfide) groups is 1. The summed E-state index contributed by atoms with van der Waals surface area (Å²) in [6, 6.07) is 30.1. The van der Waals surface area contributed by atoms with E-state index in [1.54, 1.807) is 0 Å². The van der Waals surface area contributed by atoms with E-state index in [2.05, 4.69) is 86.4 Å². The van der Waals surface area contributed by atoms with E-state index in [0.717, 1.165) is 35.1 Å². The largest absolute Gasteiger partial charge is 0.340 e. The molecule has 0 saturated carbocycles. The number of nitrogens with one attached hydrogen (secondary N) is 1. The molecule has 0 heterocycles. The van der Waals surface area contributed by atoms with Crippen molar-refractivity contribution < 1.29 is 0 Å². The van der Waals surface area contributed by atoms with Gasteiger partial charge in [-0.2, -0.15) is 0 Å². The summed E-state index contributed by atoms with van der Waals surface area (Å²) in [5, 5.41) is 3.47. The summed E-state index contributed by atoms with van der Waals surface area (Å²) < 4.78 is 0. The van der Waals surface area contributed by atoms with Gasteiger partial charge in [-0.25, -0.2) is 4.99 Å². The molecule has 0 aromatic heterocycles. The Kier molecular flexibility index (Phi) is 8.74. The minimum atomic E-state index is 0.575. The number of aliphatic imine (C=N–C) groups is 1. The number of nitrogens with zero attached hydrogens (tertiary/aromatic N) is 2. The molecule has 0 spiro atoms. The van der Waals surface area contributed by atoms with Crippen molar-refractivity contribution in [2.45, 2.75) is 44.7 Å². The fourth-order valence-corrected chi connectivity index (χ4v) is 4.41. The molecule has 0 atom stereocenters. The van der Waals surface area contributed by atoms with Gasteiger partial charge in [0.25, 0.3) is 0 Å². The van der Waals surface area contributed by atoms with Gasteiger partial charge in [-0.1, -0.05) is 48.5 Å². The highest BCUT2D eigenvalue weighted by Crippen LogP contribution is 2.23. The van der Waals surface area contributed by atoms with Crippen LogP contribution in [0.25, 0.3) is 0 Å². The molecule has 0 fully saturated rings. The summed E-state index contributed by atoms with van der Waals surface area (Å²) in [6.07, 6.45) is 0. The third-order valence-electron chi connectivity index (χ3n) is 5.11. The summed E-state index contributed by atoms with van der Waals surface area (Å²) in [5.74, 6) is 1.93. The van der Waals surface area contributed by atoms with Gasteiger partial charge in [0.05, 0.1) is 5.69 Å². The molecule has 162 valence electrons. The van der Waals surface area contributed by atoms with Crippen LogP contribution in [0.15, 0.2) is 94.8 Å². The summed E-state index contributed by atoms with van der Waals surface area (Å²) in [7, 11) is 0. The highest BCUT2D eigenvalue weighted by Gasteiger charge is 2.12. The first-order valence-corrected chi connectivity index (χ1v) is 12.0. The minimum Gasteiger partial charge on any atom is -0.340 e. The molecule has 4 heteroatoms. The Balaban J connectivity index is 1.70. The molecule has 0 aliphatic rings. The van der Waals surface area contributed by atoms with Crippen molar-refractivity contribution in [1.29, 1.82) is 0 Å². The second kappa shape index (κ2) is 11.7. The lowest BCUT2D eigenvalue weighted by Crippen LogP contribution is -2.38. The van der Waals surface area contributed by atoms with Gasteiger partial charge in [0.2, 0.25) is 0 Å². The summed E-state index contributed by atoms with van der Waals surface area (Å²) in [5.41, 5.74) is 3.03. The van der Waals surface area contributed by atoms with Gasteiger partial charge in [-0.15, -0.1) is 11.8 Å². The van der Waals surface area contributed by atoms with Crippen LogP contribution in [0.4, 0.5) is 11.4 Å². The highest BCUT2D eigenvalue weighted by molar-refractivity contribution is 7.99. The van der Waals surface area contributed by atoms with Crippen LogP contribution in [0.2, 0.25) is 0 Å². The second-order valence-corrected chi connectivity index (χ2v) is 9.25. The standard InChI is InChI=1S/C27H33N3S/c1-21(2)30(22(3)4)19-20-31-26-17-15-25(16-18-26)29-27(23-11-7-5-8-12-23)28-24-13-9-6-10-14-24/h5-18,21-22H,19-20H2,1-4H3,(H,28,29). The molecular weight excluding hydrogens is 398 g/mol. The molecule has 3 aromatic rings. The Bertz CT molecular complexity index is 927. The maximum Gasteiger partial charge on any atom is 0.138 e. The lowest BCUT2D eigenvalue weighted by atomic mass is 10.2. The highest BCUT2D eigenvalue weighted by atomic mass is 32.2. The topological polar surface area (TPSA) is 27.6 Å². The van der Waals surface area contributed by atoms with Crippen LogP contribution >= 0.6 is 11.8 Å². The van der Waals surface area contributed by atoms with Crippen molar-refractivity contribution in [2.24, 2.45) is 4.99 Å². The van der Waals surface area contributed by atoms with E-state index in [1.165, 1.54) is 4.90 Å².